The lowest BCUT2D eigenvalue weighted by Gasteiger charge is -2.04. The summed E-state index contributed by atoms with van der Waals surface area (Å²) in [6.45, 7) is 2.22. The van der Waals surface area contributed by atoms with Gasteiger partial charge in [-0.3, -0.25) is 0 Å². The molecule has 0 N–H and O–H groups in total. The summed E-state index contributed by atoms with van der Waals surface area (Å²) in [5.41, 5.74) is 0. The zero-order valence-corrected chi connectivity index (χ0v) is 9.04. The lowest BCUT2D eigenvalue weighted by atomic mass is 10.3. The fourth-order valence-corrected chi connectivity index (χ4v) is 2.34. The topological polar surface area (TPSA) is 9.23 Å². The molecule has 0 aliphatic rings. The van der Waals surface area contributed by atoms with Crippen LogP contribution in [0.2, 0.25) is 6.04 Å². The Labute approximate surface area is 76.7 Å². The summed E-state index contributed by atoms with van der Waals surface area (Å²) in [5.74, 6) is 1.04. The highest BCUT2D eigenvalue weighted by molar-refractivity contribution is 6.28. The van der Waals surface area contributed by atoms with E-state index in [0.29, 0.717) is 0 Å². The average molecular weight is 180 g/mol. The highest BCUT2D eigenvalue weighted by atomic mass is 28.2. The summed E-state index contributed by atoms with van der Waals surface area (Å²) in [5, 5.41) is 0. The molecule has 0 saturated heterocycles. The Balaban J connectivity index is 2.16. The van der Waals surface area contributed by atoms with Crippen LogP contribution >= 0.6 is 0 Å². The van der Waals surface area contributed by atoms with E-state index in [-0.39, 0.29) is 9.76 Å². The van der Waals surface area contributed by atoms with Gasteiger partial charge in [-0.15, -0.1) is 0 Å². The molecule has 1 rings (SSSR count). The second kappa shape index (κ2) is 5.83. The molecule has 1 nitrogen and oxygen atoms in total. The van der Waals surface area contributed by atoms with Crippen LogP contribution in [0.1, 0.15) is 19.8 Å². The van der Waals surface area contributed by atoms with E-state index in [1.54, 1.807) is 0 Å². The van der Waals surface area contributed by atoms with E-state index in [1.807, 2.05) is 30.3 Å². The lowest BCUT2D eigenvalue weighted by Crippen LogP contribution is -2.00. The van der Waals surface area contributed by atoms with Crippen LogP contribution in [0.5, 0.6) is 5.75 Å². The predicted octanol–water partition coefficient (Wildman–Crippen LogP) is 2.37. The number of unbranched alkanes of at least 4 members (excludes halogenated alkanes) is 1. The van der Waals surface area contributed by atoms with Crippen LogP contribution in [0, 0.1) is 0 Å². The van der Waals surface area contributed by atoms with Crippen molar-refractivity contribution in [3.63, 3.8) is 0 Å². The van der Waals surface area contributed by atoms with Crippen molar-refractivity contribution in [2.75, 3.05) is 0 Å². The van der Waals surface area contributed by atoms with E-state index in [4.69, 9.17) is 4.43 Å². The van der Waals surface area contributed by atoms with Gasteiger partial charge in [0.05, 0.1) is 0 Å². The van der Waals surface area contributed by atoms with Crippen LogP contribution in [-0.4, -0.2) is 9.76 Å². The molecule has 1 aromatic rings. The van der Waals surface area contributed by atoms with Gasteiger partial charge in [0, 0.05) is 0 Å². The molecule has 0 aliphatic carbocycles. The van der Waals surface area contributed by atoms with Crippen molar-refractivity contribution < 1.29 is 4.43 Å². The summed E-state index contributed by atoms with van der Waals surface area (Å²) < 4.78 is 5.65. The van der Waals surface area contributed by atoms with Gasteiger partial charge in [-0.2, -0.15) is 0 Å². The molecular weight excluding hydrogens is 164 g/mol. The molecule has 0 aromatic heterocycles. The van der Waals surface area contributed by atoms with Crippen LogP contribution < -0.4 is 4.43 Å². The molecule has 0 bridgehead atoms. The fourth-order valence-electron chi connectivity index (χ4n) is 1.06. The molecule has 0 unspecified atom stereocenters. The van der Waals surface area contributed by atoms with Crippen molar-refractivity contribution in [3.05, 3.63) is 30.3 Å². The number of para-hydroxylation sites is 1. The molecular formula is C10H16OSi. The Kier molecular flexibility index (Phi) is 4.53. The minimum Gasteiger partial charge on any atom is -0.549 e. The minimum atomic E-state index is -0.298. The van der Waals surface area contributed by atoms with Crippen molar-refractivity contribution >= 4 is 9.76 Å². The van der Waals surface area contributed by atoms with Gasteiger partial charge in [0.2, 0.25) is 9.76 Å². The summed E-state index contributed by atoms with van der Waals surface area (Å²) in [7, 11) is -0.298. The highest BCUT2D eigenvalue weighted by Crippen LogP contribution is 2.08. The molecule has 1 aromatic carbocycles. The first-order valence-electron chi connectivity index (χ1n) is 4.61. The Morgan fingerprint density at radius 3 is 2.67 bits per heavy atom. The summed E-state index contributed by atoms with van der Waals surface area (Å²) >= 11 is 0. The van der Waals surface area contributed by atoms with Crippen LogP contribution in [-0.2, 0) is 0 Å². The molecule has 0 fully saturated rings. The molecule has 0 amide bonds. The lowest BCUT2D eigenvalue weighted by molar-refractivity contribution is 0.588. The third-order valence-electron chi connectivity index (χ3n) is 1.76. The maximum Gasteiger partial charge on any atom is 0.219 e. The Morgan fingerprint density at radius 2 is 2.00 bits per heavy atom. The first-order chi connectivity index (χ1) is 5.93. The van der Waals surface area contributed by atoms with Crippen LogP contribution in [0.25, 0.3) is 0 Å². The Morgan fingerprint density at radius 1 is 1.25 bits per heavy atom. The van der Waals surface area contributed by atoms with Crippen molar-refractivity contribution in [2.45, 2.75) is 25.8 Å². The van der Waals surface area contributed by atoms with Gasteiger partial charge in [0.15, 0.2) is 0 Å². The van der Waals surface area contributed by atoms with Crippen LogP contribution in [0.4, 0.5) is 0 Å². The van der Waals surface area contributed by atoms with Crippen molar-refractivity contribution in [1.82, 2.24) is 0 Å². The number of hydrogen-bond acceptors (Lipinski definition) is 1. The number of benzene rings is 1. The molecule has 0 aliphatic heterocycles. The van der Waals surface area contributed by atoms with Gasteiger partial charge < -0.3 is 4.43 Å². The van der Waals surface area contributed by atoms with E-state index in [2.05, 4.69) is 6.92 Å². The number of hydrogen-bond donors (Lipinski definition) is 0. The minimum absolute atomic E-state index is 0.298. The van der Waals surface area contributed by atoms with Crippen molar-refractivity contribution in [1.29, 1.82) is 0 Å². The van der Waals surface area contributed by atoms with Gasteiger partial charge in [0.1, 0.15) is 5.75 Å². The fraction of sp³-hybridized carbons (Fsp3) is 0.400. The SMILES string of the molecule is CCCC[SiH2]Oc1ccccc1. The van der Waals surface area contributed by atoms with E-state index in [1.165, 1.54) is 18.9 Å². The molecule has 0 saturated carbocycles. The third kappa shape index (κ3) is 3.58. The second-order valence-corrected chi connectivity index (χ2v) is 4.27. The smallest absolute Gasteiger partial charge is 0.219 e. The maximum atomic E-state index is 5.65. The van der Waals surface area contributed by atoms with E-state index in [9.17, 15) is 0 Å². The van der Waals surface area contributed by atoms with Crippen molar-refractivity contribution in [2.24, 2.45) is 0 Å². The normalized spacial score (nSPS) is 10.8. The first-order valence-corrected chi connectivity index (χ1v) is 6.19. The molecule has 66 valence electrons. The zero-order valence-electron chi connectivity index (χ0n) is 7.62. The zero-order chi connectivity index (χ0) is 8.65. The molecule has 0 heterocycles. The van der Waals surface area contributed by atoms with Gasteiger partial charge in [-0.1, -0.05) is 38.0 Å². The van der Waals surface area contributed by atoms with Gasteiger partial charge >= 0.3 is 0 Å². The number of rotatable bonds is 5. The summed E-state index contributed by atoms with van der Waals surface area (Å²) in [6.07, 6.45) is 2.60. The van der Waals surface area contributed by atoms with E-state index in [0.717, 1.165) is 5.75 Å². The van der Waals surface area contributed by atoms with Gasteiger partial charge in [-0.05, 0) is 18.2 Å². The second-order valence-electron chi connectivity index (χ2n) is 2.87. The third-order valence-corrected chi connectivity index (χ3v) is 3.09. The summed E-state index contributed by atoms with van der Waals surface area (Å²) in [4.78, 5) is 0. The molecule has 0 spiro atoms. The van der Waals surface area contributed by atoms with Crippen molar-refractivity contribution in [3.8, 4) is 5.75 Å². The van der Waals surface area contributed by atoms with Gasteiger partial charge in [0.25, 0.3) is 0 Å². The standard InChI is InChI=1S/C10H16OSi/c1-2-3-9-12-11-10-7-5-4-6-8-10/h4-8H,2-3,9,12H2,1H3. The predicted molar refractivity (Wildman–Crippen MR) is 55.3 cm³/mol. The quantitative estimate of drug-likeness (QED) is 0.499. The highest BCUT2D eigenvalue weighted by Gasteiger charge is 1.90. The summed E-state index contributed by atoms with van der Waals surface area (Å²) in [6, 6.07) is 11.4. The molecule has 12 heavy (non-hydrogen) atoms. The Bertz CT molecular complexity index is 198. The average Bonchev–Trinajstić information content (AvgIpc) is 2.14. The molecule has 0 atom stereocenters. The first kappa shape index (κ1) is 9.33. The van der Waals surface area contributed by atoms with E-state index < -0.39 is 0 Å². The van der Waals surface area contributed by atoms with E-state index >= 15 is 0 Å². The Hall–Kier alpha value is -0.763. The molecule has 2 heteroatoms. The van der Waals surface area contributed by atoms with Crippen LogP contribution in [0.3, 0.4) is 0 Å². The maximum absolute atomic E-state index is 5.65. The van der Waals surface area contributed by atoms with Gasteiger partial charge in [-0.25, -0.2) is 0 Å². The van der Waals surface area contributed by atoms with Crippen LogP contribution in [0.15, 0.2) is 30.3 Å². The molecule has 0 radical (unpaired) electrons. The monoisotopic (exact) mass is 180 g/mol. The largest absolute Gasteiger partial charge is 0.549 e.